The average molecular weight is 472 g/mol. The summed E-state index contributed by atoms with van der Waals surface area (Å²) in [6, 6.07) is 9.96. The van der Waals surface area contributed by atoms with Crippen LogP contribution in [0, 0.1) is 6.92 Å². The molecular weight excluding hydrogens is 442 g/mol. The molecule has 0 radical (unpaired) electrons. The molecule has 1 aromatic carbocycles. The molecule has 1 amide bonds. The zero-order valence-electron chi connectivity index (χ0n) is 18.8. The third-order valence-electron chi connectivity index (χ3n) is 5.68. The highest BCUT2D eigenvalue weighted by molar-refractivity contribution is 7.99. The van der Waals surface area contributed by atoms with E-state index in [0.717, 1.165) is 43.3 Å². The zero-order chi connectivity index (χ0) is 22.5. The minimum absolute atomic E-state index is 0.0666. The highest BCUT2D eigenvalue weighted by Crippen LogP contribution is 2.33. The topological polar surface area (TPSA) is 63.5 Å². The van der Waals surface area contributed by atoms with Gasteiger partial charge in [-0.05, 0) is 55.3 Å². The highest BCUT2D eigenvalue weighted by atomic mass is 32.2. The van der Waals surface area contributed by atoms with Gasteiger partial charge in [0.2, 0.25) is 11.9 Å². The van der Waals surface area contributed by atoms with Crippen LogP contribution >= 0.6 is 23.1 Å². The number of carbonyl (C=O) groups excluding carboxylic acids is 1. The van der Waals surface area contributed by atoms with Gasteiger partial charge in [-0.3, -0.25) is 9.36 Å². The van der Waals surface area contributed by atoms with Crippen LogP contribution in [0.1, 0.15) is 29.7 Å². The van der Waals surface area contributed by atoms with E-state index in [1.807, 2.05) is 35.9 Å². The molecule has 7 nitrogen and oxygen atoms in total. The monoisotopic (exact) mass is 471 g/mol. The average Bonchev–Trinajstić information content (AvgIpc) is 3.43. The molecule has 9 heteroatoms. The van der Waals surface area contributed by atoms with Crippen molar-refractivity contribution in [1.82, 2.24) is 19.7 Å². The molecule has 0 aliphatic carbocycles. The van der Waals surface area contributed by atoms with E-state index in [1.54, 1.807) is 23.3 Å². The Labute approximate surface area is 197 Å². The molecule has 1 fully saturated rings. The first-order valence-corrected chi connectivity index (χ1v) is 12.7. The maximum absolute atomic E-state index is 12.9. The summed E-state index contributed by atoms with van der Waals surface area (Å²) < 4.78 is 7.66. The van der Waals surface area contributed by atoms with Crippen LogP contribution in [0.15, 0.2) is 40.9 Å². The Hall–Kier alpha value is -2.52. The van der Waals surface area contributed by atoms with Crippen LogP contribution in [0.3, 0.4) is 0 Å². The number of nitrogens with zero attached hydrogens (tertiary/aromatic N) is 5. The molecule has 0 atom stereocenters. The Bertz CT molecular complexity index is 1060. The molecule has 170 valence electrons. The Kier molecular flexibility index (Phi) is 7.36. The number of benzene rings is 1. The Morgan fingerprint density at radius 1 is 1.19 bits per heavy atom. The molecule has 32 heavy (non-hydrogen) atoms. The first-order chi connectivity index (χ1) is 15.6. The molecule has 0 N–H and O–H groups in total. The summed E-state index contributed by atoms with van der Waals surface area (Å²) in [6.07, 6.45) is 3.53. The second kappa shape index (κ2) is 10.4. The van der Waals surface area contributed by atoms with Crippen LogP contribution in [-0.2, 0) is 11.3 Å². The van der Waals surface area contributed by atoms with Crippen molar-refractivity contribution in [2.75, 3.05) is 37.9 Å². The standard InChI is InChI=1S/C23H29N5O2S2/c1-17-11-14-31-20(17)15-26(2)21(29)16-32-23-25-24-22(27-12-7-4-8-13-27)28(23)18-9-5-6-10-19(18)30-3/h5-6,9-11,14H,4,7-8,12-13,15-16H2,1-3H3. The van der Waals surface area contributed by atoms with E-state index >= 15 is 0 Å². The molecule has 1 saturated heterocycles. The second-order valence-electron chi connectivity index (χ2n) is 7.90. The van der Waals surface area contributed by atoms with Crippen molar-refractivity contribution in [2.24, 2.45) is 0 Å². The lowest BCUT2D eigenvalue weighted by Gasteiger charge is -2.28. The van der Waals surface area contributed by atoms with Gasteiger partial charge in [-0.2, -0.15) is 0 Å². The fourth-order valence-corrected chi connectivity index (χ4v) is 5.63. The van der Waals surface area contributed by atoms with Crippen LogP contribution < -0.4 is 9.64 Å². The van der Waals surface area contributed by atoms with Gasteiger partial charge in [0.15, 0.2) is 5.16 Å². The molecule has 0 unspecified atom stereocenters. The summed E-state index contributed by atoms with van der Waals surface area (Å²) in [7, 11) is 3.52. The molecule has 0 saturated carbocycles. The van der Waals surface area contributed by atoms with Gasteiger partial charge in [0.05, 0.1) is 25.1 Å². The number of anilines is 1. The fraction of sp³-hybridized carbons (Fsp3) is 0.435. The van der Waals surface area contributed by atoms with E-state index in [2.05, 4.69) is 33.5 Å². The van der Waals surface area contributed by atoms with Crippen molar-refractivity contribution in [3.63, 3.8) is 0 Å². The number of hydrogen-bond donors (Lipinski definition) is 0. The van der Waals surface area contributed by atoms with Gasteiger partial charge in [0.25, 0.3) is 0 Å². The summed E-state index contributed by atoms with van der Waals surface area (Å²) in [5.41, 5.74) is 2.11. The molecule has 1 aliphatic rings. The van der Waals surface area contributed by atoms with Crippen LogP contribution in [0.25, 0.3) is 5.69 Å². The Morgan fingerprint density at radius 3 is 2.69 bits per heavy atom. The second-order valence-corrected chi connectivity index (χ2v) is 9.85. The van der Waals surface area contributed by atoms with E-state index in [9.17, 15) is 4.79 Å². The number of thiophene rings is 1. The highest BCUT2D eigenvalue weighted by Gasteiger charge is 2.24. The van der Waals surface area contributed by atoms with Crippen molar-refractivity contribution >= 4 is 35.0 Å². The number of aromatic nitrogens is 3. The maximum atomic E-state index is 12.9. The smallest absolute Gasteiger partial charge is 0.233 e. The molecule has 2 aromatic heterocycles. The maximum Gasteiger partial charge on any atom is 0.233 e. The normalized spacial score (nSPS) is 13.9. The van der Waals surface area contributed by atoms with Crippen molar-refractivity contribution in [3.8, 4) is 11.4 Å². The number of ether oxygens (including phenoxy) is 1. The molecule has 3 heterocycles. The van der Waals surface area contributed by atoms with E-state index < -0.39 is 0 Å². The summed E-state index contributed by atoms with van der Waals surface area (Å²) in [5, 5.41) is 11.8. The molecule has 1 aliphatic heterocycles. The number of aryl methyl sites for hydroxylation is 1. The molecule has 3 aromatic rings. The summed E-state index contributed by atoms with van der Waals surface area (Å²) in [6.45, 7) is 4.62. The van der Waals surface area contributed by atoms with Gasteiger partial charge in [0, 0.05) is 25.0 Å². The number of hydrogen-bond acceptors (Lipinski definition) is 7. The van der Waals surface area contributed by atoms with Crippen molar-refractivity contribution in [3.05, 3.63) is 46.2 Å². The lowest BCUT2D eigenvalue weighted by atomic mass is 10.1. The van der Waals surface area contributed by atoms with Gasteiger partial charge in [-0.15, -0.1) is 21.5 Å². The summed E-state index contributed by atoms with van der Waals surface area (Å²) in [5.74, 6) is 1.93. The van der Waals surface area contributed by atoms with Crippen molar-refractivity contribution in [2.45, 2.75) is 37.9 Å². The number of rotatable bonds is 8. The summed E-state index contributed by atoms with van der Waals surface area (Å²) >= 11 is 3.10. The minimum atomic E-state index is 0.0666. The van der Waals surface area contributed by atoms with Crippen LogP contribution in [0.5, 0.6) is 5.75 Å². The SMILES string of the molecule is COc1ccccc1-n1c(SCC(=O)N(C)Cc2sccc2C)nnc1N1CCCCC1. The minimum Gasteiger partial charge on any atom is -0.495 e. The van der Waals surface area contributed by atoms with E-state index in [1.165, 1.54) is 28.6 Å². The van der Waals surface area contributed by atoms with Gasteiger partial charge in [-0.1, -0.05) is 23.9 Å². The van der Waals surface area contributed by atoms with Crippen LogP contribution in [0.2, 0.25) is 0 Å². The van der Waals surface area contributed by atoms with Gasteiger partial charge < -0.3 is 14.5 Å². The predicted molar refractivity (Wildman–Crippen MR) is 130 cm³/mol. The number of para-hydroxylation sites is 2. The summed E-state index contributed by atoms with van der Waals surface area (Å²) in [4.78, 5) is 18.1. The lowest BCUT2D eigenvalue weighted by molar-refractivity contribution is -0.127. The van der Waals surface area contributed by atoms with E-state index in [4.69, 9.17) is 4.74 Å². The quantitative estimate of drug-likeness (QED) is 0.454. The predicted octanol–water partition coefficient (Wildman–Crippen LogP) is 4.39. The lowest BCUT2D eigenvalue weighted by Crippen LogP contribution is -2.32. The van der Waals surface area contributed by atoms with Crippen LogP contribution in [0.4, 0.5) is 5.95 Å². The molecule has 0 bridgehead atoms. The largest absolute Gasteiger partial charge is 0.495 e. The number of thioether (sulfide) groups is 1. The van der Waals surface area contributed by atoms with Crippen molar-refractivity contribution < 1.29 is 9.53 Å². The molecular formula is C23H29N5O2S2. The zero-order valence-corrected chi connectivity index (χ0v) is 20.4. The van der Waals surface area contributed by atoms with Gasteiger partial charge >= 0.3 is 0 Å². The van der Waals surface area contributed by atoms with Crippen LogP contribution in [-0.4, -0.2) is 58.6 Å². The van der Waals surface area contributed by atoms with Crippen molar-refractivity contribution in [1.29, 1.82) is 0 Å². The van der Waals surface area contributed by atoms with E-state index in [-0.39, 0.29) is 5.91 Å². The number of piperidine rings is 1. The Morgan fingerprint density at radius 2 is 1.97 bits per heavy atom. The van der Waals surface area contributed by atoms with Gasteiger partial charge in [0.1, 0.15) is 5.75 Å². The number of methoxy groups -OCH3 is 1. The Balaban J connectivity index is 1.56. The first kappa shape index (κ1) is 22.7. The molecule has 0 spiro atoms. The van der Waals surface area contributed by atoms with E-state index in [0.29, 0.717) is 17.5 Å². The number of carbonyl (C=O) groups is 1. The number of amides is 1. The third kappa shape index (κ3) is 4.94. The molecule has 4 rings (SSSR count). The fourth-order valence-electron chi connectivity index (χ4n) is 3.79. The third-order valence-corrected chi connectivity index (χ3v) is 7.60. The first-order valence-electron chi connectivity index (χ1n) is 10.8. The van der Waals surface area contributed by atoms with Gasteiger partial charge in [-0.25, -0.2) is 0 Å².